The van der Waals surface area contributed by atoms with Gasteiger partial charge in [0.25, 0.3) is 0 Å². The van der Waals surface area contributed by atoms with E-state index in [9.17, 15) is 9.18 Å². The van der Waals surface area contributed by atoms with Crippen LogP contribution in [0.4, 0.5) is 9.18 Å². The molecule has 0 heterocycles. The van der Waals surface area contributed by atoms with Crippen LogP contribution < -0.4 is 5.73 Å². The molecule has 0 bridgehead atoms. The molecule has 0 atom stereocenters. The zero-order valence-corrected chi connectivity index (χ0v) is 8.53. The highest BCUT2D eigenvalue weighted by atomic mass is 19.1. The van der Waals surface area contributed by atoms with Crippen molar-refractivity contribution < 1.29 is 9.18 Å². The molecule has 0 aromatic heterocycles. The first-order chi connectivity index (χ1) is 7.24. The average molecular weight is 210 g/mol. The Kier molecular flexibility index (Phi) is 4.60. The maximum atomic E-state index is 12.0. The van der Waals surface area contributed by atoms with E-state index in [1.54, 1.807) is 0 Å². The van der Waals surface area contributed by atoms with Gasteiger partial charge in [0, 0.05) is 13.1 Å². The second-order valence-electron chi connectivity index (χ2n) is 3.29. The van der Waals surface area contributed by atoms with Gasteiger partial charge in [-0.15, -0.1) is 0 Å². The van der Waals surface area contributed by atoms with Crippen LogP contribution in [0.15, 0.2) is 30.3 Å². The fourth-order valence-corrected chi connectivity index (χ4v) is 1.32. The summed E-state index contributed by atoms with van der Waals surface area (Å²) in [6, 6.07) is 9.00. The number of carbonyl (C=O) groups excluding carboxylic acids is 1. The van der Waals surface area contributed by atoms with Crippen molar-refractivity contribution in [3.63, 3.8) is 0 Å². The SMILES string of the molecule is NC(=O)N(CCCF)Cc1ccccc1. The molecule has 0 saturated heterocycles. The molecule has 2 amide bonds. The summed E-state index contributed by atoms with van der Waals surface area (Å²) < 4.78 is 12.0. The Morgan fingerprint density at radius 3 is 2.53 bits per heavy atom. The highest BCUT2D eigenvalue weighted by Gasteiger charge is 2.09. The molecule has 0 aliphatic rings. The summed E-state index contributed by atoms with van der Waals surface area (Å²) >= 11 is 0. The Balaban J connectivity index is 2.55. The van der Waals surface area contributed by atoms with Gasteiger partial charge in [0.2, 0.25) is 0 Å². The lowest BCUT2D eigenvalue weighted by Gasteiger charge is -2.19. The number of nitrogens with two attached hydrogens (primary N) is 1. The predicted molar refractivity (Wildman–Crippen MR) is 57.0 cm³/mol. The van der Waals surface area contributed by atoms with Crippen LogP contribution in [0.2, 0.25) is 0 Å². The van der Waals surface area contributed by atoms with Gasteiger partial charge in [-0.25, -0.2) is 4.79 Å². The van der Waals surface area contributed by atoms with Gasteiger partial charge in [-0.2, -0.15) is 0 Å². The third kappa shape index (κ3) is 3.97. The van der Waals surface area contributed by atoms with Gasteiger partial charge in [-0.1, -0.05) is 30.3 Å². The summed E-state index contributed by atoms with van der Waals surface area (Å²) in [6.45, 7) is 0.371. The summed E-state index contributed by atoms with van der Waals surface area (Å²) in [4.78, 5) is 12.5. The van der Waals surface area contributed by atoms with Crippen LogP contribution in [0.3, 0.4) is 0 Å². The minimum atomic E-state index is -0.507. The molecule has 0 fully saturated rings. The molecule has 1 aromatic rings. The van der Waals surface area contributed by atoms with Gasteiger partial charge in [0.05, 0.1) is 6.67 Å². The van der Waals surface area contributed by atoms with E-state index in [1.807, 2.05) is 30.3 Å². The highest BCUT2D eigenvalue weighted by Crippen LogP contribution is 2.04. The van der Waals surface area contributed by atoms with Gasteiger partial charge in [-0.3, -0.25) is 4.39 Å². The maximum Gasteiger partial charge on any atom is 0.315 e. The Morgan fingerprint density at radius 1 is 1.33 bits per heavy atom. The molecule has 0 unspecified atom stereocenters. The third-order valence-corrected chi connectivity index (χ3v) is 2.09. The largest absolute Gasteiger partial charge is 0.351 e. The van der Waals surface area contributed by atoms with E-state index in [1.165, 1.54) is 4.90 Å². The van der Waals surface area contributed by atoms with Crippen molar-refractivity contribution in [1.29, 1.82) is 0 Å². The number of primary amides is 1. The number of halogens is 1. The number of hydrogen-bond acceptors (Lipinski definition) is 1. The molecule has 0 radical (unpaired) electrons. The molecule has 82 valence electrons. The van der Waals surface area contributed by atoms with Crippen molar-refractivity contribution in [3.05, 3.63) is 35.9 Å². The van der Waals surface area contributed by atoms with E-state index in [-0.39, 0.29) is 0 Å². The lowest BCUT2D eigenvalue weighted by Crippen LogP contribution is -2.36. The molecule has 4 heteroatoms. The topological polar surface area (TPSA) is 46.3 Å². The Bertz CT molecular complexity index is 303. The predicted octanol–water partition coefficient (Wildman–Crippen LogP) is 1.93. The summed E-state index contributed by atoms with van der Waals surface area (Å²) in [7, 11) is 0. The number of carbonyl (C=O) groups is 1. The first kappa shape index (κ1) is 11.5. The molecule has 0 saturated carbocycles. The van der Waals surface area contributed by atoms with Crippen molar-refractivity contribution in [2.75, 3.05) is 13.2 Å². The van der Waals surface area contributed by atoms with Crippen LogP contribution in [0, 0.1) is 0 Å². The lowest BCUT2D eigenvalue weighted by atomic mass is 10.2. The quantitative estimate of drug-likeness (QED) is 0.793. The molecule has 2 N–H and O–H groups in total. The van der Waals surface area contributed by atoms with Crippen molar-refractivity contribution in [1.82, 2.24) is 4.90 Å². The zero-order valence-electron chi connectivity index (χ0n) is 8.53. The fraction of sp³-hybridized carbons (Fsp3) is 0.364. The lowest BCUT2D eigenvalue weighted by molar-refractivity contribution is 0.202. The molecular formula is C11H15FN2O. The molecule has 1 rings (SSSR count). The van der Waals surface area contributed by atoms with E-state index in [2.05, 4.69) is 0 Å². The smallest absolute Gasteiger partial charge is 0.315 e. The standard InChI is InChI=1S/C11H15FN2O/c12-7-4-8-14(11(13)15)9-10-5-2-1-3-6-10/h1-3,5-6H,4,7-9H2,(H2,13,15). The Labute approximate surface area is 88.7 Å². The van der Waals surface area contributed by atoms with Crippen molar-refractivity contribution in [3.8, 4) is 0 Å². The number of urea groups is 1. The first-order valence-electron chi connectivity index (χ1n) is 4.88. The number of hydrogen-bond donors (Lipinski definition) is 1. The third-order valence-electron chi connectivity index (χ3n) is 2.09. The van der Waals surface area contributed by atoms with E-state index in [4.69, 9.17) is 5.73 Å². The van der Waals surface area contributed by atoms with Gasteiger partial charge >= 0.3 is 6.03 Å². The van der Waals surface area contributed by atoms with Gasteiger partial charge in [0.1, 0.15) is 0 Å². The summed E-state index contributed by atoms with van der Waals surface area (Å²) in [5, 5.41) is 0. The van der Waals surface area contributed by atoms with Crippen LogP contribution in [0.25, 0.3) is 0 Å². The van der Waals surface area contributed by atoms with Crippen LogP contribution in [0.5, 0.6) is 0 Å². The number of nitrogens with zero attached hydrogens (tertiary/aromatic N) is 1. The van der Waals surface area contributed by atoms with Crippen molar-refractivity contribution in [2.45, 2.75) is 13.0 Å². The first-order valence-corrected chi connectivity index (χ1v) is 4.88. The maximum absolute atomic E-state index is 12.0. The van der Waals surface area contributed by atoms with Crippen molar-refractivity contribution in [2.24, 2.45) is 5.73 Å². The molecule has 0 aliphatic carbocycles. The summed E-state index contributed by atoms with van der Waals surface area (Å²) in [5.74, 6) is 0. The van der Waals surface area contributed by atoms with Crippen LogP contribution >= 0.6 is 0 Å². The molecule has 0 spiro atoms. The summed E-state index contributed by atoms with van der Waals surface area (Å²) in [5.41, 5.74) is 6.19. The van der Waals surface area contributed by atoms with Crippen LogP contribution in [-0.4, -0.2) is 24.2 Å². The average Bonchev–Trinajstić information content (AvgIpc) is 2.25. The second-order valence-corrected chi connectivity index (χ2v) is 3.29. The van der Waals surface area contributed by atoms with Gasteiger partial charge in [-0.05, 0) is 12.0 Å². The number of alkyl halides is 1. The fourth-order valence-electron chi connectivity index (χ4n) is 1.32. The van der Waals surface area contributed by atoms with Gasteiger partial charge in [0.15, 0.2) is 0 Å². The highest BCUT2D eigenvalue weighted by molar-refractivity contribution is 5.71. The Morgan fingerprint density at radius 2 is 2.00 bits per heavy atom. The normalized spacial score (nSPS) is 9.93. The van der Waals surface area contributed by atoms with Crippen LogP contribution in [-0.2, 0) is 6.54 Å². The molecule has 3 nitrogen and oxygen atoms in total. The molecule has 15 heavy (non-hydrogen) atoms. The second kappa shape index (κ2) is 6.01. The van der Waals surface area contributed by atoms with E-state index in [0.717, 1.165) is 5.56 Å². The zero-order chi connectivity index (χ0) is 11.1. The monoisotopic (exact) mass is 210 g/mol. The molecule has 0 aliphatic heterocycles. The van der Waals surface area contributed by atoms with E-state index >= 15 is 0 Å². The number of amides is 2. The van der Waals surface area contributed by atoms with Crippen molar-refractivity contribution >= 4 is 6.03 Å². The molecule has 1 aromatic carbocycles. The Hall–Kier alpha value is -1.58. The number of benzene rings is 1. The minimum Gasteiger partial charge on any atom is -0.351 e. The number of rotatable bonds is 5. The van der Waals surface area contributed by atoms with E-state index in [0.29, 0.717) is 19.5 Å². The summed E-state index contributed by atoms with van der Waals surface area (Å²) in [6.07, 6.45) is 0.329. The van der Waals surface area contributed by atoms with E-state index < -0.39 is 12.7 Å². The van der Waals surface area contributed by atoms with Gasteiger partial charge < -0.3 is 10.6 Å². The minimum absolute atomic E-state index is 0.329. The van der Waals surface area contributed by atoms with Crippen LogP contribution in [0.1, 0.15) is 12.0 Å². The molecular weight excluding hydrogens is 195 g/mol.